The first kappa shape index (κ1) is 33.0. The van der Waals surface area contributed by atoms with Crippen molar-refractivity contribution in [2.24, 2.45) is 0 Å². The van der Waals surface area contributed by atoms with Crippen LogP contribution in [0.4, 0.5) is 10.1 Å². The third-order valence-corrected chi connectivity index (χ3v) is 10.3. The quantitative estimate of drug-likeness (QED) is 0.205. The van der Waals surface area contributed by atoms with E-state index in [1.54, 1.807) is 43.8 Å². The van der Waals surface area contributed by atoms with E-state index in [0.717, 1.165) is 37.8 Å². The molecule has 0 amide bonds. The van der Waals surface area contributed by atoms with E-state index in [2.05, 4.69) is 0 Å². The summed E-state index contributed by atoms with van der Waals surface area (Å²) < 4.78 is 79.0. The van der Waals surface area contributed by atoms with Gasteiger partial charge in [0.15, 0.2) is 5.75 Å². The number of aromatic hydroxyl groups is 1. The summed E-state index contributed by atoms with van der Waals surface area (Å²) in [6.07, 6.45) is 5.79. The maximum Gasteiger partial charge on any atom is 0.232 e. The molecular formula is C32H35FN4O7S2. The van der Waals surface area contributed by atoms with Crippen molar-refractivity contribution in [3.05, 3.63) is 89.5 Å². The monoisotopic (exact) mass is 670 g/mol. The fourth-order valence-electron chi connectivity index (χ4n) is 5.12. The van der Waals surface area contributed by atoms with Crippen LogP contribution in [0.1, 0.15) is 16.7 Å². The van der Waals surface area contributed by atoms with E-state index in [-0.39, 0.29) is 48.2 Å². The highest BCUT2D eigenvalue weighted by molar-refractivity contribution is 7.92. The molecule has 5 aromatic rings. The van der Waals surface area contributed by atoms with Gasteiger partial charge in [0.05, 0.1) is 30.7 Å². The molecule has 5 rings (SSSR count). The first-order valence-electron chi connectivity index (χ1n) is 14.2. The van der Waals surface area contributed by atoms with Gasteiger partial charge in [0, 0.05) is 50.4 Å². The van der Waals surface area contributed by atoms with Gasteiger partial charge in [-0.1, -0.05) is 24.3 Å². The van der Waals surface area contributed by atoms with Gasteiger partial charge < -0.3 is 19.1 Å². The van der Waals surface area contributed by atoms with Crippen molar-refractivity contribution in [3.63, 3.8) is 0 Å². The summed E-state index contributed by atoms with van der Waals surface area (Å²) in [4.78, 5) is 4.72. The van der Waals surface area contributed by atoms with E-state index >= 15 is 0 Å². The molecule has 0 aliphatic heterocycles. The number of likely N-dealkylation sites (N-methyl/N-ethyl adjacent to an activating group) is 1. The average Bonchev–Trinajstić information content (AvgIpc) is 3.33. The summed E-state index contributed by atoms with van der Waals surface area (Å²) in [7, 11) is -2.87. The molecule has 1 N–H and O–H groups in total. The van der Waals surface area contributed by atoms with Gasteiger partial charge >= 0.3 is 0 Å². The van der Waals surface area contributed by atoms with Crippen LogP contribution >= 0.6 is 0 Å². The highest BCUT2D eigenvalue weighted by Gasteiger charge is 2.28. The molecule has 3 aromatic carbocycles. The number of sulfonamides is 2. The normalized spacial score (nSPS) is 12.2. The predicted molar refractivity (Wildman–Crippen MR) is 176 cm³/mol. The fraction of sp³-hybridized carbons (Fsp3) is 0.281. The number of hydrogen-bond acceptors (Lipinski definition) is 8. The van der Waals surface area contributed by atoms with E-state index in [4.69, 9.17) is 14.5 Å². The Morgan fingerprint density at radius 1 is 0.913 bits per heavy atom. The van der Waals surface area contributed by atoms with E-state index in [1.165, 1.54) is 30.8 Å². The minimum Gasteiger partial charge on any atom is -0.497 e. The molecule has 14 heteroatoms. The number of halogens is 1. The second kappa shape index (κ2) is 12.8. The molecule has 0 saturated heterocycles. The maximum absolute atomic E-state index is 13.6. The summed E-state index contributed by atoms with van der Waals surface area (Å²) >= 11 is 0. The van der Waals surface area contributed by atoms with E-state index in [1.807, 2.05) is 18.2 Å². The van der Waals surface area contributed by atoms with Crippen molar-refractivity contribution in [2.45, 2.75) is 19.6 Å². The van der Waals surface area contributed by atoms with Crippen molar-refractivity contribution in [3.8, 4) is 17.4 Å². The lowest BCUT2D eigenvalue weighted by Crippen LogP contribution is -2.28. The van der Waals surface area contributed by atoms with Crippen LogP contribution in [0.15, 0.2) is 67.0 Å². The van der Waals surface area contributed by atoms with E-state index < -0.39 is 20.0 Å². The van der Waals surface area contributed by atoms with E-state index in [0.29, 0.717) is 28.5 Å². The lowest BCUT2D eigenvalue weighted by atomic mass is 10.0. The molecule has 0 aliphatic rings. The maximum atomic E-state index is 13.6. The zero-order valence-corrected chi connectivity index (χ0v) is 27.7. The molecule has 0 aliphatic carbocycles. The summed E-state index contributed by atoms with van der Waals surface area (Å²) in [5.74, 6) is 0.316. The minimum absolute atomic E-state index is 0.0479. The first-order valence-corrected chi connectivity index (χ1v) is 17.9. The molecule has 0 fully saturated rings. The van der Waals surface area contributed by atoms with Crippen LogP contribution in [0.5, 0.6) is 17.4 Å². The van der Waals surface area contributed by atoms with Crippen molar-refractivity contribution in [1.29, 1.82) is 0 Å². The van der Waals surface area contributed by atoms with Crippen molar-refractivity contribution < 1.29 is 35.8 Å². The molecule has 0 unspecified atom stereocenters. The number of benzene rings is 3. The molecule has 2 aromatic heterocycles. The molecule has 2 heterocycles. The fourth-order valence-corrected chi connectivity index (χ4v) is 6.07. The van der Waals surface area contributed by atoms with Gasteiger partial charge in [-0.2, -0.15) is 0 Å². The Morgan fingerprint density at radius 3 is 2.17 bits per heavy atom. The molecule has 0 atom stereocenters. The Kier molecular flexibility index (Phi) is 9.16. The highest BCUT2D eigenvalue weighted by atomic mass is 32.2. The molecule has 244 valence electrons. The average molecular weight is 671 g/mol. The third kappa shape index (κ3) is 6.88. The van der Waals surface area contributed by atoms with Gasteiger partial charge in [0.25, 0.3) is 0 Å². The van der Waals surface area contributed by atoms with Crippen LogP contribution in [0.25, 0.3) is 21.7 Å². The standard InChI is InChI=1S/C32H35FN4O7S2/c1-35(45(4,39)40)14-15-37-19-27-28(32(37)38)31(44-20-22-8-12-25(43-3)13-9-22)29-26(30(27)36(2)46(5,41)42)17-23(18-34-29)16-21-6-10-24(33)11-7-21/h6-13,17-19,38H,14-16,20H2,1-5H3. The van der Waals surface area contributed by atoms with Crippen molar-refractivity contribution in [2.75, 3.05) is 44.6 Å². The van der Waals surface area contributed by atoms with Crippen LogP contribution in [0.2, 0.25) is 0 Å². The molecule has 0 saturated carbocycles. The van der Waals surface area contributed by atoms with Gasteiger partial charge in [-0.3, -0.25) is 9.29 Å². The molecule has 0 radical (unpaired) electrons. The number of nitrogens with zero attached hydrogens (tertiary/aromatic N) is 4. The lowest BCUT2D eigenvalue weighted by Gasteiger charge is -2.22. The Labute approximate surface area is 267 Å². The number of pyridine rings is 1. The number of ether oxygens (including phenoxy) is 2. The second-order valence-electron chi connectivity index (χ2n) is 11.1. The summed E-state index contributed by atoms with van der Waals surface area (Å²) in [5.41, 5.74) is 2.96. The van der Waals surface area contributed by atoms with Crippen LogP contribution in [0.3, 0.4) is 0 Å². The zero-order chi connectivity index (χ0) is 33.4. The summed E-state index contributed by atoms with van der Waals surface area (Å²) in [6, 6.07) is 15.2. The van der Waals surface area contributed by atoms with Crippen LogP contribution in [-0.2, 0) is 39.6 Å². The predicted octanol–water partition coefficient (Wildman–Crippen LogP) is 4.50. The molecule has 11 nitrogen and oxygen atoms in total. The van der Waals surface area contributed by atoms with E-state index in [9.17, 15) is 26.3 Å². The third-order valence-electron chi connectivity index (χ3n) is 7.84. The summed E-state index contributed by atoms with van der Waals surface area (Å²) in [6.45, 7) is 0.214. The topological polar surface area (TPSA) is 131 Å². The van der Waals surface area contributed by atoms with Crippen molar-refractivity contribution >= 4 is 47.4 Å². The molecule has 0 spiro atoms. The molecular weight excluding hydrogens is 636 g/mol. The first-order chi connectivity index (χ1) is 21.7. The van der Waals surface area contributed by atoms with Gasteiger partial charge in [0.1, 0.15) is 23.7 Å². The Balaban J connectivity index is 1.73. The number of hydrogen-bond donors (Lipinski definition) is 1. The number of methoxy groups -OCH3 is 1. The SMILES string of the molecule is COc1ccc(COc2c3ncc(Cc4ccc(F)cc4)cc3c(N(C)S(C)(=O)=O)c3cn(CCN(C)S(C)(=O)=O)c(O)c23)cc1. The number of rotatable bonds is 12. The Morgan fingerprint density at radius 2 is 1.57 bits per heavy atom. The number of anilines is 1. The zero-order valence-electron chi connectivity index (χ0n) is 26.1. The molecule has 0 bridgehead atoms. The Hall–Kier alpha value is -4.40. The van der Waals surface area contributed by atoms with Crippen LogP contribution < -0.4 is 13.8 Å². The molecule has 46 heavy (non-hydrogen) atoms. The van der Waals surface area contributed by atoms with Gasteiger partial charge in [0.2, 0.25) is 25.9 Å². The minimum atomic E-state index is -3.81. The highest BCUT2D eigenvalue weighted by Crippen LogP contribution is 2.47. The van der Waals surface area contributed by atoms with Gasteiger partial charge in [-0.05, 0) is 53.4 Å². The van der Waals surface area contributed by atoms with Gasteiger partial charge in [-0.25, -0.2) is 25.5 Å². The lowest BCUT2D eigenvalue weighted by molar-refractivity contribution is 0.311. The largest absolute Gasteiger partial charge is 0.497 e. The smallest absolute Gasteiger partial charge is 0.232 e. The number of fused-ring (bicyclic) bond motifs is 2. The van der Waals surface area contributed by atoms with Crippen LogP contribution in [-0.4, -0.2) is 76.1 Å². The van der Waals surface area contributed by atoms with Crippen LogP contribution in [0, 0.1) is 5.82 Å². The Bertz CT molecular complexity index is 2120. The number of aromatic nitrogens is 2. The second-order valence-corrected chi connectivity index (χ2v) is 15.2. The van der Waals surface area contributed by atoms with Gasteiger partial charge in [-0.15, -0.1) is 0 Å². The summed E-state index contributed by atoms with van der Waals surface area (Å²) in [5, 5.41) is 12.6. The van der Waals surface area contributed by atoms with Crippen molar-refractivity contribution in [1.82, 2.24) is 13.9 Å².